The van der Waals surface area contributed by atoms with Gasteiger partial charge in [0.1, 0.15) is 48.8 Å². The van der Waals surface area contributed by atoms with Crippen molar-refractivity contribution in [2.45, 2.75) is 216 Å². The van der Waals surface area contributed by atoms with Crippen molar-refractivity contribution in [3.63, 3.8) is 0 Å². The van der Waals surface area contributed by atoms with Crippen LogP contribution in [-0.2, 0) is 23.7 Å². The molecule has 2 rings (SSSR count). The van der Waals surface area contributed by atoms with Gasteiger partial charge in [0.15, 0.2) is 12.6 Å². The number of allylic oxidation sites excluding steroid dienone is 13. The highest BCUT2D eigenvalue weighted by Gasteiger charge is 2.51. The van der Waals surface area contributed by atoms with E-state index in [1.165, 1.54) is 32.1 Å². The van der Waals surface area contributed by atoms with Gasteiger partial charge in [-0.05, 0) is 83.5 Å². The molecule has 0 aliphatic carbocycles. The summed E-state index contributed by atoms with van der Waals surface area (Å²) < 4.78 is 22.6. The first kappa shape index (κ1) is 59.3. The van der Waals surface area contributed by atoms with E-state index in [4.69, 9.17) is 18.9 Å². The first-order valence-corrected chi connectivity index (χ1v) is 24.8. The number of aliphatic hydroxyl groups is 8. The molecule has 2 fully saturated rings. The van der Waals surface area contributed by atoms with E-state index < -0.39 is 86.8 Å². The summed E-state index contributed by atoms with van der Waals surface area (Å²) in [4.78, 5) is 13.2. The van der Waals surface area contributed by atoms with Crippen molar-refractivity contribution >= 4 is 5.91 Å². The zero-order valence-corrected chi connectivity index (χ0v) is 39.9. The molecule has 66 heavy (non-hydrogen) atoms. The van der Waals surface area contributed by atoms with Crippen LogP contribution in [0.15, 0.2) is 85.1 Å². The van der Waals surface area contributed by atoms with Crippen LogP contribution < -0.4 is 5.32 Å². The standard InChI is InChI=1S/C52H87NO13/c1-3-5-7-9-11-13-15-17-19-20-22-24-26-28-30-32-34-36-44(57)53-40(41(56)35-33-31-29-27-25-23-21-18-16-14-12-10-8-6-4-2)39-63-51-49(62)47(60)50(43(38-55)65-51)66-52-48(61)46(59)45(58)42(37-54)64-52/h5,7,11,13,16-19,22,24-25,27,33,35,40-43,45-52,54-56,58-62H,3-4,6,8-10,12,14-15,20-21,23,26,28-32,34,36-39H2,1-2H3,(H,53,57)/b7-5-,13-11-,18-16+,19-17-,24-22-,27-25+,35-33+. The first-order valence-electron chi connectivity index (χ1n) is 24.8. The Labute approximate surface area is 395 Å². The number of hydrogen-bond donors (Lipinski definition) is 9. The van der Waals surface area contributed by atoms with Crippen LogP contribution in [0, 0.1) is 0 Å². The van der Waals surface area contributed by atoms with Gasteiger partial charge in [-0.25, -0.2) is 0 Å². The fraction of sp³-hybridized carbons (Fsp3) is 0.712. The molecule has 2 saturated heterocycles. The van der Waals surface area contributed by atoms with Crippen molar-refractivity contribution < 1.29 is 64.6 Å². The molecule has 12 atom stereocenters. The van der Waals surface area contributed by atoms with E-state index in [0.29, 0.717) is 12.8 Å². The number of hydrogen-bond acceptors (Lipinski definition) is 13. The van der Waals surface area contributed by atoms with E-state index in [1.54, 1.807) is 6.08 Å². The molecule has 0 spiro atoms. The molecule has 2 aliphatic rings. The first-order chi connectivity index (χ1) is 32.1. The SMILES string of the molecule is CC/C=C\C/C=C\C/C=C\C/C=C\CCCCCCC(=O)NC(COC1OC(CO)C(OC2OC(CO)C(O)C(O)C2O)C(O)C1O)C(O)/C=C/CC/C=C/CC/C=C/CCCCCCC. The third-order valence-corrected chi connectivity index (χ3v) is 11.5. The molecule has 0 aromatic carbocycles. The van der Waals surface area contributed by atoms with E-state index in [0.717, 1.165) is 77.0 Å². The Bertz CT molecular complexity index is 1430. The van der Waals surface area contributed by atoms with Crippen LogP contribution in [0.1, 0.15) is 142 Å². The molecule has 0 bridgehead atoms. The Morgan fingerprint density at radius 1 is 0.561 bits per heavy atom. The summed E-state index contributed by atoms with van der Waals surface area (Å²) in [5, 5.41) is 86.6. The molecule has 9 N–H and O–H groups in total. The van der Waals surface area contributed by atoms with Crippen molar-refractivity contribution in [1.82, 2.24) is 5.32 Å². The van der Waals surface area contributed by atoms with E-state index in [9.17, 15) is 45.6 Å². The Morgan fingerprint density at radius 3 is 1.65 bits per heavy atom. The highest BCUT2D eigenvalue weighted by molar-refractivity contribution is 5.76. The second-order valence-corrected chi connectivity index (χ2v) is 17.2. The quantitative estimate of drug-likeness (QED) is 0.0252. The average Bonchev–Trinajstić information content (AvgIpc) is 3.31. The normalized spacial score (nSPS) is 27.5. The zero-order valence-electron chi connectivity index (χ0n) is 39.9. The largest absolute Gasteiger partial charge is 0.394 e. The smallest absolute Gasteiger partial charge is 0.220 e. The van der Waals surface area contributed by atoms with Crippen molar-refractivity contribution in [1.29, 1.82) is 0 Å². The van der Waals surface area contributed by atoms with Crippen molar-refractivity contribution in [2.75, 3.05) is 19.8 Å². The minimum absolute atomic E-state index is 0.237. The number of carbonyl (C=O) groups is 1. The van der Waals surface area contributed by atoms with Gasteiger partial charge in [0.2, 0.25) is 5.91 Å². The third kappa shape index (κ3) is 25.0. The van der Waals surface area contributed by atoms with Gasteiger partial charge in [-0.2, -0.15) is 0 Å². The van der Waals surface area contributed by atoms with Crippen LogP contribution in [0.2, 0.25) is 0 Å². The fourth-order valence-electron chi connectivity index (χ4n) is 7.49. The number of ether oxygens (including phenoxy) is 4. The lowest BCUT2D eigenvalue weighted by Gasteiger charge is -2.46. The maximum absolute atomic E-state index is 13.2. The molecule has 14 heteroatoms. The number of amides is 1. The maximum Gasteiger partial charge on any atom is 0.220 e. The van der Waals surface area contributed by atoms with E-state index in [1.807, 2.05) is 6.08 Å². The van der Waals surface area contributed by atoms with Crippen LogP contribution in [-0.4, -0.2) is 140 Å². The Hall–Kier alpha value is -2.83. The topological polar surface area (TPSA) is 228 Å². The summed E-state index contributed by atoms with van der Waals surface area (Å²) in [6.07, 6.45) is 31.9. The molecule has 378 valence electrons. The van der Waals surface area contributed by atoms with Gasteiger partial charge >= 0.3 is 0 Å². The molecule has 0 aromatic heterocycles. The fourth-order valence-corrected chi connectivity index (χ4v) is 7.49. The summed E-state index contributed by atoms with van der Waals surface area (Å²) in [5.41, 5.74) is 0. The lowest BCUT2D eigenvalue weighted by Crippen LogP contribution is -2.65. The van der Waals surface area contributed by atoms with Gasteiger partial charge in [0, 0.05) is 6.42 Å². The Morgan fingerprint density at radius 2 is 1.06 bits per heavy atom. The molecule has 0 saturated carbocycles. The van der Waals surface area contributed by atoms with E-state index in [-0.39, 0.29) is 18.9 Å². The number of aliphatic hydroxyl groups excluding tert-OH is 8. The van der Waals surface area contributed by atoms with Crippen LogP contribution in [0.5, 0.6) is 0 Å². The predicted octanol–water partition coefficient (Wildman–Crippen LogP) is 6.21. The van der Waals surface area contributed by atoms with E-state index >= 15 is 0 Å². The van der Waals surface area contributed by atoms with Crippen LogP contribution >= 0.6 is 0 Å². The van der Waals surface area contributed by atoms with Crippen LogP contribution in [0.4, 0.5) is 0 Å². The second-order valence-electron chi connectivity index (χ2n) is 17.2. The van der Waals surface area contributed by atoms with E-state index in [2.05, 4.69) is 92.1 Å². The van der Waals surface area contributed by atoms with Crippen LogP contribution in [0.25, 0.3) is 0 Å². The Balaban J connectivity index is 1.90. The molecule has 14 nitrogen and oxygen atoms in total. The molecular weight excluding hydrogens is 847 g/mol. The molecule has 0 aromatic rings. The molecule has 1 amide bonds. The van der Waals surface area contributed by atoms with Gasteiger partial charge in [-0.3, -0.25) is 4.79 Å². The Kier molecular flexibility index (Phi) is 34.2. The monoisotopic (exact) mass is 934 g/mol. The summed E-state index contributed by atoms with van der Waals surface area (Å²) in [7, 11) is 0. The van der Waals surface area contributed by atoms with Crippen molar-refractivity contribution in [3.05, 3.63) is 85.1 Å². The van der Waals surface area contributed by atoms with Crippen LogP contribution in [0.3, 0.4) is 0 Å². The lowest BCUT2D eigenvalue weighted by atomic mass is 9.97. The van der Waals surface area contributed by atoms with Crippen molar-refractivity contribution in [3.8, 4) is 0 Å². The zero-order chi connectivity index (χ0) is 48.2. The second kappa shape index (κ2) is 38.1. The molecule has 2 aliphatic heterocycles. The highest BCUT2D eigenvalue weighted by atomic mass is 16.7. The summed E-state index contributed by atoms with van der Waals surface area (Å²) in [5.74, 6) is -0.283. The number of carbonyl (C=O) groups excluding carboxylic acids is 1. The van der Waals surface area contributed by atoms with Gasteiger partial charge in [0.05, 0.1) is 32.0 Å². The number of rotatable bonds is 36. The van der Waals surface area contributed by atoms with Gasteiger partial charge in [0.25, 0.3) is 0 Å². The molecule has 2 heterocycles. The molecular formula is C52H87NO13. The van der Waals surface area contributed by atoms with Gasteiger partial charge < -0.3 is 65.1 Å². The lowest BCUT2D eigenvalue weighted by molar-refractivity contribution is -0.359. The minimum atomic E-state index is -1.80. The maximum atomic E-state index is 13.2. The minimum Gasteiger partial charge on any atom is -0.394 e. The number of unbranched alkanes of at least 4 members (excludes halogenated alkanes) is 11. The van der Waals surface area contributed by atoms with Gasteiger partial charge in [-0.1, -0.05) is 137 Å². The highest BCUT2D eigenvalue weighted by Crippen LogP contribution is 2.30. The summed E-state index contributed by atoms with van der Waals surface area (Å²) >= 11 is 0. The average molecular weight is 934 g/mol. The van der Waals surface area contributed by atoms with Crippen molar-refractivity contribution in [2.24, 2.45) is 0 Å². The summed E-state index contributed by atoms with van der Waals surface area (Å²) in [6.45, 7) is 2.58. The number of nitrogens with one attached hydrogen (secondary N) is 1. The predicted molar refractivity (Wildman–Crippen MR) is 258 cm³/mol. The molecule has 0 radical (unpaired) electrons. The van der Waals surface area contributed by atoms with Gasteiger partial charge in [-0.15, -0.1) is 0 Å². The molecule has 12 unspecified atom stereocenters. The summed E-state index contributed by atoms with van der Waals surface area (Å²) in [6, 6.07) is -0.954. The third-order valence-electron chi connectivity index (χ3n) is 11.5.